The Bertz CT molecular complexity index is 652. The van der Waals surface area contributed by atoms with Crippen LogP contribution in [0.1, 0.15) is 42.6 Å². The Morgan fingerprint density at radius 1 is 1.10 bits per heavy atom. The Labute approximate surface area is 117 Å². The highest BCUT2D eigenvalue weighted by atomic mass is 16.4. The first kappa shape index (κ1) is 13.0. The van der Waals surface area contributed by atoms with E-state index in [1.165, 1.54) is 12.8 Å². The fourth-order valence-corrected chi connectivity index (χ4v) is 2.76. The standard InChI is InChI=1S/C16H18N2O2/c19-16(20)7-3-4-11-8-9-14-15(10-11)18-13-6-2-1-5-12(13)17-14/h8-10H,1-7H2,(H,19,20). The second-order valence-electron chi connectivity index (χ2n) is 5.39. The predicted molar refractivity (Wildman–Crippen MR) is 76.8 cm³/mol. The van der Waals surface area contributed by atoms with Crippen molar-refractivity contribution in [1.82, 2.24) is 9.97 Å². The van der Waals surface area contributed by atoms with Crippen LogP contribution in [-0.2, 0) is 24.1 Å². The number of carboxylic acids is 1. The van der Waals surface area contributed by atoms with E-state index in [1.54, 1.807) is 0 Å². The van der Waals surface area contributed by atoms with Crippen LogP contribution in [0.3, 0.4) is 0 Å². The van der Waals surface area contributed by atoms with Crippen LogP contribution in [0.5, 0.6) is 0 Å². The minimum absolute atomic E-state index is 0.216. The summed E-state index contributed by atoms with van der Waals surface area (Å²) in [5.41, 5.74) is 5.34. The molecule has 0 unspecified atom stereocenters. The van der Waals surface area contributed by atoms with Gasteiger partial charge in [-0.1, -0.05) is 6.07 Å². The van der Waals surface area contributed by atoms with Gasteiger partial charge in [-0.2, -0.15) is 0 Å². The fourth-order valence-electron chi connectivity index (χ4n) is 2.76. The smallest absolute Gasteiger partial charge is 0.303 e. The molecule has 2 aromatic rings. The van der Waals surface area contributed by atoms with E-state index in [0.717, 1.165) is 47.2 Å². The van der Waals surface area contributed by atoms with E-state index in [2.05, 4.69) is 6.07 Å². The number of hydrogen-bond acceptors (Lipinski definition) is 3. The van der Waals surface area contributed by atoms with Crippen molar-refractivity contribution in [2.75, 3.05) is 0 Å². The van der Waals surface area contributed by atoms with E-state index < -0.39 is 5.97 Å². The average Bonchev–Trinajstić information content (AvgIpc) is 2.44. The summed E-state index contributed by atoms with van der Waals surface area (Å²) < 4.78 is 0. The van der Waals surface area contributed by atoms with Crippen molar-refractivity contribution in [2.45, 2.75) is 44.9 Å². The Kier molecular flexibility index (Phi) is 3.63. The molecule has 0 spiro atoms. The Morgan fingerprint density at radius 3 is 2.50 bits per heavy atom. The summed E-state index contributed by atoms with van der Waals surface area (Å²) in [6, 6.07) is 6.10. The molecular weight excluding hydrogens is 252 g/mol. The maximum atomic E-state index is 10.5. The van der Waals surface area contributed by atoms with Crippen LogP contribution in [-0.4, -0.2) is 21.0 Å². The molecule has 0 radical (unpaired) electrons. The van der Waals surface area contributed by atoms with Gasteiger partial charge in [-0.05, 0) is 56.2 Å². The van der Waals surface area contributed by atoms with Crippen molar-refractivity contribution in [1.29, 1.82) is 0 Å². The number of hydrogen-bond donors (Lipinski definition) is 1. The van der Waals surface area contributed by atoms with Crippen molar-refractivity contribution < 1.29 is 9.90 Å². The number of aryl methyl sites for hydroxylation is 3. The lowest BCUT2D eigenvalue weighted by molar-refractivity contribution is -0.137. The van der Waals surface area contributed by atoms with E-state index in [4.69, 9.17) is 15.1 Å². The molecule has 0 bridgehead atoms. The van der Waals surface area contributed by atoms with Crippen LogP contribution in [0.2, 0.25) is 0 Å². The van der Waals surface area contributed by atoms with Crippen LogP contribution in [0.15, 0.2) is 18.2 Å². The molecule has 20 heavy (non-hydrogen) atoms. The van der Waals surface area contributed by atoms with Crippen molar-refractivity contribution in [3.63, 3.8) is 0 Å². The molecule has 4 heteroatoms. The van der Waals surface area contributed by atoms with Crippen LogP contribution < -0.4 is 0 Å². The lowest BCUT2D eigenvalue weighted by Crippen LogP contribution is -2.08. The van der Waals surface area contributed by atoms with Crippen LogP contribution >= 0.6 is 0 Å². The van der Waals surface area contributed by atoms with Crippen molar-refractivity contribution in [3.8, 4) is 0 Å². The number of nitrogens with zero attached hydrogens (tertiary/aromatic N) is 2. The topological polar surface area (TPSA) is 63.1 Å². The van der Waals surface area contributed by atoms with Crippen molar-refractivity contribution >= 4 is 17.0 Å². The molecule has 1 heterocycles. The first-order valence-electron chi connectivity index (χ1n) is 7.22. The van der Waals surface area contributed by atoms with Crippen LogP contribution in [0.4, 0.5) is 0 Å². The van der Waals surface area contributed by atoms with E-state index >= 15 is 0 Å². The molecule has 1 N–H and O–H groups in total. The number of carbonyl (C=O) groups is 1. The Morgan fingerprint density at radius 2 is 1.80 bits per heavy atom. The Hall–Kier alpha value is -1.97. The minimum Gasteiger partial charge on any atom is -0.481 e. The molecule has 0 fully saturated rings. The number of aromatic nitrogens is 2. The summed E-state index contributed by atoms with van der Waals surface area (Å²) in [7, 11) is 0. The molecule has 1 aromatic heterocycles. The normalized spacial score (nSPS) is 14.2. The molecule has 0 saturated heterocycles. The van der Waals surface area contributed by atoms with Crippen molar-refractivity contribution in [2.24, 2.45) is 0 Å². The molecule has 4 nitrogen and oxygen atoms in total. The third-order valence-electron chi connectivity index (χ3n) is 3.82. The molecular formula is C16H18N2O2. The maximum Gasteiger partial charge on any atom is 0.303 e. The average molecular weight is 270 g/mol. The van der Waals surface area contributed by atoms with Gasteiger partial charge in [-0.25, -0.2) is 9.97 Å². The lowest BCUT2D eigenvalue weighted by Gasteiger charge is -2.14. The maximum absolute atomic E-state index is 10.5. The first-order chi connectivity index (χ1) is 9.72. The molecule has 1 aliphatic carbocycles. The molecule has 1 aliphatic rings. The lowest BCUT2D eigenvalue weighted by atomic mass is 10.00. The van der Waals surface area contributed by atoms with Gasteiger partial charge in [-0.3, -0.25) is 4.79 Å². The van der Waals surface area contributed by atoms with Gasteiger partial charge < -0.3 is 5.11 Å². The summed E-state index contributed by atoms with van der Waals surface area (Å²) >= 11 is 0. The molecule has 0 saturated carbocycles. The number of rotatable bonds is 4. The quantitative estimate of drug-likeness (QED) is 0.927. The zero-order valence-electron chi connectivity index (χ0n) is 11.4. The third kappa shape index (κ3) is 2.79. The largest absolute Gasteiger partial charge is 0.481 e. The Balaban J connectivity index is 1.84. The van der Waals surface area contributed by atoms with E-state index in [9.17, 15) is 4.79 Å². The van der Waals surface area contributed by atoms with Crippen LogP contribution in [0, 0.1) is 0 Å². The molecule has 0 amide bonds. The van der Waals surface area contributed by atoms with Gasteiger partial charge in [-0.15, -0.1) is 0 Å². The zero-order valence-corrected chi connectivity index (χ0v) is 11.4. The van der Waals surface area contributed by atoms with Crippen molar-refractivity contribution in [3.05, 3.63) is 35.2 Å². The highest BCUT2D eigenvalue weighted by Crippen LogP contribution is 2.22. The number of aliphatic carboxylic acids is 1. The SMILES string of the molecule is O=C(O)CCCc1ccc2nc3c(nc2c1)CCCC3. The summed E-state index contributed by atoms with van der Waals surface area (Å²) in [5, 5.41) is 8.67. The third-order valence-corrected chi connectivity index (χ3v) is 3.82. The second-order valence-corrected chi connectivity index (χ2v) is 5.39. The zero-order chi connectivity index (χ0) is 13.9. The van der Waals surface area contributed by atoms with Gasteiger partial charge in [0.15, 0.2) is 0 Å². The van der Waals surface area contributed by atoms with E-state index in [0.29, 0.717) is 6.42 Å². The molecule has 3 rings (SSSR count). The van der Waals surface area contributed by atoms with Crippen LogP contribution in [0.25, 0.3) is 11.0 Å². The van der Waals surface area contributed by atoms with E-state index in [1.807, 2.05) is 12.1 Å². The number of fused-ring (bicyclic) bond motifs is 2. The molecule has 1 aromatic carbocycles. The number of carboxylic acid groups (broad SMARTS) is 1. The highest BCUT2D eigenvalue weighted by Gasteiger charge is 2.13. The van der Waals surface area contributed by atoms with Gasteiger partial charge in [0, 0.05) is 6.42 Å². The van der Waals surface area contributed by atoms with Gasteiger partial charge in [0.2, 0.25) is 0 Å². The fraction of sp³-hybridized carbons (Fsp3) is 0.438. The summed E-state index contributed by atoms with van der Waals surface area (Å²) in [4.78, 5) is 20.0. The van der Waals surface area contributed by atoms with Gasteiger partial charge in [0.05, 0.1) is 22.4 Å². The molecule has 0 aliphatic heterocycles. The van der Waals surface area contributed by atoms with Gasteiger partial charge >= 0.3 is 5.97 Å². The molecule has 0 atom stereocenters. The van der Waals surface area contributed by atoms with Gasteiger partial charge in [0.1, 0.15) is 0 Å². The predicted octanol–water partition coefficient (Wildman–Crippen LogP) is 2.92. The number of benzene rings is 1. The van der Waals surface area contributed by atoms with Gasteiger partial charge in [0.25, 0.3) is 0 Å². The summed E-state index contributed by atoms with van der Waals surface area (Å²) in [6.45, 7) is 0. The molecule has 104 valence electrons. The monoisotopic (exact) mass is 270 g/mol. The summed E-state index contributed by atoms with van der Waals surface area (Å²) in [6.07, 6.45) is 6.14. The first-order valence-corrected chi connectivity index (χ1v) is 7.22. The highest BCUT2D eigenvalue weighted by molar-refractivity contribution is 5.75. The van der Waals surface area contributed by atoms with E-state index in [-0.39, 0.29) is 6.42 Å². The summed E-state index contributed by atoms with van der Waals surface area (Å²) in [5.74, 6) is -0.736. The minimum atomic E-state index is -0.736. The second kappa shape index (κ2) is 5.57.